The maximum absolute atomic E-state index is 14.1. The summed E-state index contributed by atoms with van der Waals surface area (Å²) in [6.45, 7) is 3.64. The van der Waals surface area contributed by atoms with E-state index in [2.05, 4.69) is 16.0 Å². The molecule has 0 unspecified atom stereocenters. The van der Waals surface area contributed by atoms with Gasteiger partial charge in [0.05, 0.1) is 11.4 Å². The maximum atomic E-state index is 14.1. The van der Waals surface area contributed by atoms with E-state index in [1.54, 1.807) is 23.1 Å². The van der Waals surface area contributed by atoms with E-state index in [1.165, 1.54) is 22.7 Å². The number of sulfonamides is 2. The first-order valence-electron chi connectivity index (χ1n) is 19.9. The number of aryl methyl sites for hydroxylation is 2. The fourth-order valence-electron chi connectivity index (χ4n) is 7.21. The Morgan fingerprint density at radius 1 is 0.515 bits per heavy atom. The van der Waals surface area contributed by atoms with Gasteiger partial charge >= 0.3 is 0 Å². The number of thiazole rings is 2. The van der Waals surface area contributed by atoms with E-state index in [1.807, 2.05) is 41.6 Å². The normalized spacial score (nSPS) is 15.2. The van der Waals surface area contributed by atoms with Crippen LogP contribution in [0.15, 0.2) is 56.9 Å². The molecule has 8 rings (SSSR count). The van der Waals surface area contributed by atoms with Crippen LogP contribution in [0, 0.1) is 72.0 Å². The molecular formula is C42H34Cl2F10N6O4S4. The minimum atomic E-state index is -4.97. The molecule has 0 N–H and O–H groups in total. The molecule has 0 aliphatic carbocycles. The van der Waals surface area contributed by atoms with Crippen LogP contribution >= 0.6 is 45.9 Å². The Bertz CT molecular complexity index is 3070. The Morgan fingerprint density at radius 3 is 1.29 bits per heavy atom. The van der Waals surface area contributed by atoms with Crippen molar-refractivity contribution in [3.63, 3.8) is 0 Å². The third-order valence-electron chi connectivity index (χ3n) is 10.9. The van der Waals surface area contributed by atoms with Gasteiger partial charge in [-0.3, -0.25) is 0 Å². The average Bonchev–Trinajstić information content (AvgIpc) is 3.99. The van der Waals surface area contributed by atoms with Crippen molar-refractivity contribution in [2.24, 2.45) is 0 Å². The number of nitrogens with zero attached hydrogens (tertiary/aromatic N) is 6. The van der Waals surface area contributed by atoms with E-state index in [0.29, 0.717) is 41.8 Å². The molecule has 0 atom stereocenters. The van der Waals surface area contributed by atoms with Crippen LogP contribution in [0.25, 0.3) is 0 Å². The molecule has 26 heteroatoms. The Kier molecular flexibility index (Phi) is 15.4. The minimum Gasteiger partial charge on any atom is -0.345 e. The van der Waals surface area contributed by atoms with Crippen LogP contribution in [0.4, 0.5) is 54.2 Å². The molecule has 4 heterocycles. The third kappa shape index (κ3) is 10.3. The van der Waals surface area contributed by atoms with Gasteiger partial charge in [0.1, 0.15) is 0 Å². The van der Waals surface area contributed by atoms with E-state index >= 15 is 0 Å². The molecule has 2 aromatic heterocycles. The highest BCUT2D eigenvalue weighted by molar-refractivity contribution is 7.89. The molecule has 2 aliphatic rings. The summed E-state index contributed by atoms with van der Waals surface area (Å²) < 4.78 is 189. The zero-order valence-corrected chi connectivity index (χ0v) is 40.0. The average molecular weight is 1080 g/mol. The highest BCUT2D eigenvalue weighted by atomic mass is 35.5. The van der Waals surface area contributed by atoms with E-state index in [9.17, 15) is 60.7 Å². The SMILES string of the molecule is Cc1ccc(C)c(Cc2csc(N3CCN(S(=O)(=O)c4c(F)c(F)c(F)c(F)c4F)CC3)n2)c1.O=S(=O)(c1c(F)c(F)c(F)c(F)c1F)N1CCN(c2nc(Cc3ccc(Cl)cc3Cl)cs2)CC1. The molecule has 0 bridgehead atoms. The number of benzene rings is 4. The summed E-state index contributed by atoms with van der Waals surface area (Å²) in [5.74, 6) is -23.5. The third-order valence-corrected chi connectivity index (χ3v) is 17.2. The number of piperazine rings is 2. The van der Waals surface area contributed by atoms with Crippen molar-refractivity contribution in [1.82, 2.24) is 18.6 Å². The van der Waals surface area contributed by atoms with Crippen molar-refractivity contribution in [3.05, 3.63) is 149 Å². The van der Waals surface area contributed by atoms with Crippen LogP contribution in [0.2, 0.25) is 10.0 Å². The number of hydrogen-bond acceptors (Lipinski definition) is 10. The number of aromatic nitrogens is 2. The summed E-state index contributed by atoms with van der Waals surface area (Å²) in [5.41, 5.74) is 5.83. The van der Waals surface area contributed by atoms with E-state index in [0.717, 1.165) is 33.6 Å². The predicted molar refractivity (Wildman–Crippen MR) is 237 cm³/mol. The minimum absolute atomic E-state index is 0.100. The van der Waals surface area contributed by atoms with Gasteiger partial charge < -0.3 is 9.80 Å². The Morgan fingerprint density at radius 2 is 0.897 bits per heavy atom. The standard InChI is InChI=1S/C22H20F5N3O2S2.C20H14Cl2F5N3O2S2/c1-12-3-4-13(2)14(9-12)10-15-11-33-22(28-15)29-5-7-30(8-6-29)34(31,32)21-19(26)17(24)16(23)18(25)20(21)27;21-11-2-1-10(13(22)8-11)7-12-9-33-20(28-12)29-3-5-30(6-4-29)34(31,32)19-17(26)15(24)14(23)16(25)18(19)27/h3-4,9,11H,5-8,10H2,1-2H3;1-2,8-9H,3-7H2. The fourth-order valence-corrected chi connectivity index (χ4v) is 12.5. The molecule has 10 nitrogen and oxygen atoms in total. The lowest BCUT2D eigenvalue weighted by molar-refractivity contribution is 0.344. The van der Waals surface area contributed by atoms with Gasteiger partial charge in [0, 0.05) is 86.0 Å². The van der Waals surface area contributed by atoms with Gasteiger partial charge in [-0.15, -0.1) is 22.7 Å². The second-order valence-corrected chi connectivity index (χ2v) is 21.6. The molecule has 4 aromatic carbocycles. The molecule has 6 aromatic rings. The summed E-state index contributed by atoms with van der Waals surface area (Å²) in [4.78, 5) is 9.05. The van der Waals surface area contributed by atoms with Crippen molar-refractivity contribution in [1.29, 1.82) is 0 Å². The number of hydrogen-bond donors (Lipinski definition) is 0. The molecule has 2 fully saturated rings. The van der Waals surface area contributed by atoms with Crippen LogP contribution < -0.4 is 9.80 Å². The molecule has 0 amide bonds. The highest BCUT2D eigenvalue weighted by Gasteiger charge is 2.40. The first-order valence-corrected chi connectivity index (χ1v) is 25.3. The molecule has 2 saturated heterocycles. The van der Waals surface area contributed by atoms with E-state index in [-0.39, 0.29) is 52.4 Å². The first kappa shape index (κ1) is 51.3. The molecule has 0 radical (unpaired) electrons. The predicted octanol–water partition coefficient (Wildman–Crippen LogP) is 9.80. The van der Waals surface area contributed by atoms with Crippen molar-refractivity contribution in [3.8, 4) is 0 Å². The number of anilines is 2. The van der Waals surface area contributed by atoms with Crippen LogP contribution in [-0.2, 0) is 32.9 Å². The largest absolute Gasteiger partial charge is 0.345 e. The van der Waals surface area contributed by atoms with Crippen LogP contribution in [-0.4, -0.2) is 87.8 Å². The van der Waals surface area contributed by atoms with Crippen molar-refractivity contribution < 1.29 is 60.7 Å². The van der Waals surface area contributed by atoms with Crippen LogP contribution in [0.3, 0.4) is 0 Å². The number of halogens is 12. The second-order valence-electron chi connectivity index (χ2n) is 15.3. The van der Waals surface area contributed by atoms with E-state index < -0.39 is 88.0 Å². The van der Waals surface area contributed by atoms with Crippen molar-refractivity contribution in [2.45, 2.75) is 36.5 Å². The van der Waals surface area contributed by atoms with Gasteiger partial charge in [-0.2, -0.15) is 8.61 Å². The van der Waals surface area contributed by atoms with Crippen LogP contribution in [0.1, 0.15) is 33.6 Å². The molecule has 2 aliphatic heterocycles. The van der Waals surface area contributed by atoms with Crippen molar-refractivity contribution in [2.75, 3.05) is 62.2 Å². The molecule has 364 valence electrons. The second kappa shape index (κ2) is 20.4. The first-order chi connectivity index (χ1) is 32.0. The summed E-state index contributed by atoms with van der Waals surface area (Å²) >= 11 is 14.8. The van der Waals surface area contributed by atoms with Gasteiger partial charge in [0.25, 0.3) is 0 Å². The fraction of sp³-hybridized carbons (Fsp3) is 0.286. The van der Waals surface area contributed by atoms with Gasteiger partial charge in [0.2, 0.25) is 31.7 Å². The number of rotatable bonds is 10. The topological polar surface area (TPSA) is 107 Å². The van der Waals surface area contributed by atoms with Gasteiger partial charge in [-0.05, 0) is 42.7 Å². The summed E-state index contributed by atoms with van der Waals surface area (Å²) in [6, 6.07) is 11.3. The Hall–Kier alpha value is -4.56. The quantitative estimate of drug-likeness (QED) is 0.0759. The van der Waals surface area contributed by atoms with E-state index in [4.69, 9.17) is 23.2 Å². The molecule has 68 heavy (non-hydrogen) atoms. The molecule has 0 spiro atoms. The summed E-state index contributed by atoms with van der Waals surface area (Å²) in [5, 5.41) is 5.98. The maximum Gasteiger partial charge on any atom is 0.249 e. The highest BCUT2D eigenvalue weighted by Crippen LogP contribution is 2.34. The van der Waals surface area contributed by atoms with Gasteiger partial charge in [-0.25, -0.2) is 70.7 Å². The Balaban J connectivity index is 0.000000201. The van der Waals surface area contributed by atoms with Gasteiger partial charge in [-0.1, -0.05) is 53.0 Å². The lowest BCUT2D eigenvalue weighted by Crippen LogP contribution is -2.49. The van der Waals surface area contributed by atoms with Gasteiger partial charge in [0.15, 0.2) is 66.6 Å². The van der Waals surface area contributed by atoms with Crippen molar-refractivity contribution >= 4 is 76.2 Å². The summed E-state index contributed by atoms with van der Waals surface area (Å²) in [6.07, 6.45) is 1.08. The monoisotopic (exact) mass is 1070 g/mol. The lowest BCUT2D eigenvalue weighted by Gasteiger charge is -2.33. The molecule has 0 saturated carbocycles. The zero-order valence-electron chi connectivity index (χ0n) is 35.2. The smallest absolute Gasteiger partial charge is 0.249 e. The summed E-state index contributed by atoms with van der Waals surface area (Å²) in [7, 11) is -9.91. The Labute approximate surface area is 401 Å². The van der Waals surface area contributed by atoms with Crippen LogP contribution in [0.5, 0.6) is 0 Å². The lowest BCUT2D eigenvalue weighted by atomic mass is 10.0. The molecular weight excluding hydrogens is 1040 g/mol. The zero-order chi connectivity index (χ0) is 49.6.